The van der Waals surface area contributed by atoms with Gasteiger partial charge in [0.2, 0.25) is 0 Å². The van der Waals surface area contributed by atoms with Crippen LogP contribution in [-0.2, 0) is 6.54 Å². The van der Waals surface area contributed by atoms with Crippen LogP contribution in [0.25, 0.3) is 6.08 Å². The maximum absolute atomic E-state index is 4.35. The summed E-state index contributed by atoms with van der Waals surface area (Å²) in [4.78, 5) is 2.15. The van der Waals surface area contributed by atoms with Gasteiger partial charge in [-0.3, -0.25) is 4.68 Å². The predicted octanol–water partition coefficient (Wildman–Crippen LogP) is 3.01. The van der Waals surface area contributed by atoms with E-state index < -0.39 is 0 Å². The molecule has 0 fully saturated rings. The van der Waals surface area contributed by atoms with Gasteiger partial charge >= 0.3 is 0 Å². The van der Waals surface area contributed by atoms with Gasteiger partial charge < -0.3 is 4.90 Å². The standard InChI is InChI=1S/C11H17Br2N3/c1-15(2)7-8-16-11(5-3-4-6-12)10(13)9-14-16/h3,5,9H,4,6-8H2,1-2H3/b5-3+. The van der Waals surface area contributed by atoms with E-state index in [9.17, 15) is 0 Å². The third-order valence-corrected chi connectivity index (χ3v) is 3.21. The first-order valence-corrected chi connectivity index (χ1v) is 7.15. The lowest BCUT2D eigenvalue weighted by Gasteiger charge is -2.10. The second kappa shape index (κ2) is 7.25. The summed E-state index contributed by atoms with van der Waals surface area (Å²) in [6.07, 6.45) is 7.16. The van der Waals surface area contributed by atoms with Gasteiger partial charge in [0.1, 0.15) is 0 Å². The van der Waals surface area contributed by atoms with E-state index >= 15 is 0 Å². The SMILES string of the molecule is CN(C)CCn1ncc(Br)c1/C=C/CCBr. The van der Waals surface area contributed by atoms with Gasteiger partial charge in [-0.25, -0.2) is 0 Å². The largest absolute Gasteiger partial charge is 0.308 e. The molecule has 0 aliphatic heterocycles. The Labute approximate surface area is 114 Å². The Hall–Kier alpha value is -0.130. The summed E-state index contributed by atoms with van der Waals surface area (Å²) in [6.45, 7) is 1.90. The fourth-order valence-corrected chi connectivity index (χ4v) is 1.96. The third-order valence-electron chi connectivity index (χ3n) is 2.14. The van der Waals surface area contributed by atoms with Crippen molar-refractivity contribution in [3.63, 3.8) is 0 Å². The highest BCUT2D eigenvalue weighted by molar-refractivity contribution is 9.10. The third kappa shape index (κ3) is 4.39. The summed E-state index contributed by atoms with van der Waals surface area (Å²) < 4.78 is 3.08. The van der Waals surface area contributed by atoms with Crippen LogP contribution >= 0.6 is 31.9 Å². The highest BCUT2D eigenvalue weighted by Gasteiger charge is 2.05. The minimum absolute atomic E-state index is 0.909. The van der Waals surface area contributed by atoms with E-state index in [1.165, 1.54) is 0 Å². The normalized spacial score (nSPS) is 11.8. The van der Waals surface area contributed by atoms with Crippen molar-refractivity contribution >= 4 is 37.9 Å². The van der Waals surface area contributed by atoms with Gasteiger partial charge in [-0.05, 0) is 42.5 Å². The van der Waals surface area contributed by atoms with Crippen LogP contribution in [0, 0.1) is 0 Å². The maximum Gasteiger partial charge on any atom is 0.0749 e. The van der Waals surface area contributed by atoms with Crippen molar-refractivity contribution in [3.8, 4) is 0 Å². The monoisotopic (exact) mass is 349 g/mol. The Bertz CT molecular complexity index is 345. The molecule has 0 aliphatic rings. The minimum Gasteiger partial charge on any atom is -0.308 e. The molecule has 90 valence electrons. The Kier molecular flexibility index (Phi) is 6.31. The fourth-order valence-electron chi connectivity index (χ4n) is 1.27. The van der Waals surface area contributed by atoms with E-state index in [-0.39, 0.29) is 0 Å². The number of allylic oxidation sites excluding steroid dienone is 1. The zero-order valence-corrected chi connectivity index (χ0v) is 12.8. The summed E-state index contributed by atoms with van der Waals surface area (Å²) in [5.41, 5.74) is 1.14. The number of rotatable bonds is 6. The van der Waals surface area contributed by atoms with Crippen LogP contribution in [0.2, 0.25) is 0 Å². The molecule has 0 saturated carbocycles. The smallest absolute Gasteiger partial charge is 0.0749 e. The topological polar surface area (TPSA) is 21.1 Å². The molecule has 0 radical (unpaired) electrons. The molecular weight excluding hydrogens is 334 g/mol. The molecule has 0 amide bonds. The lowest BCUT2D eigenvalue weighted by atomic mass is 10.3. The molecule has 0 aromatic carbocycles. The van der Waals surface area contributed by atoms with E-state index in [2.05, 4.69) is 68.1 Å². The van der Waals surface area contributed by atoms with Crippen LogP contribution < -0.4 is 0 Å². The van der Waals surface area contributed by atoms with Gasteiger partial charge in [-0.2, -0.15) is 5.10 Å². The average Bonchev–Trinajstić information content (AvgIpc) is 2.58. The fraction of sp³-hybridized carbons (Fsp3) is 0.545. The lowest BCUT2D eigenvalue weighted by molar-refractivity contribution is 0.372. The zero-order valence-electron chi connectivity index (χ0n) is 9.66. The van der Waals surface area contributed by atoms with E-state index in [4.69, 9.17) is 0 Å². The first-order chi connectivity index (χ1) is 7.65. The second-order valence-corrected chi connectivity index (χ2v) is 5.43. The van der Waals surface area contributed by atoms with Crippen molar-refractivity contribution in [2.24, 2.45) is 0 Å². The molecule has 16 heavy (non-hydrogen) atoms. The van der Waals surface area contributed by atoms with Crippen LogP contribution in [0.1, 0.15) is 12.1 Å². The second-order valence-electron chi connectivity index (χ2n) is 3.78. The summed E-state index contributed by atoms with van der Waals surface area (Å²) in [5, 5.41) is 5.34. The van der Waals surface area contributed by atoms with Crippen molar-refractivity contribution < 1.29 is 0 Å². The van der Waals surface area contributed by atoms with Gasteiger partial charge in [-0.15, -0.1) is 0 Å². The predicted molar refractivity (Wildman–Crippen MR) is 75.9 cm³/mol. The molecule has 3 nitrogen and oxygen atoms in total. The zero-order chi connectivity index (χ0) is 12.0. The van der Waals surface area contributed by atoms with Crippen LogP contribution in [0.5, 0.6) is 0 Å². The molecule has 0 aliphatic carbocycles. The van der Waals surface area contributed by atoms with Gasteiger partial charge in [0.25, 0.3) is 0 Å². The first-order valence-electron chi connectivity index (χ1n) is 5.23. The molecular formula is C11H17Br2N3. The number of aromatic nitrogens is 2. The number of halogens is 2. The molecule has 0 unspecified atom stereocenters. The molecule has 0 bridgehead atoms. The number of alkyl halides is 1. The summed E-state index contributed by atoms with van der Waals surface area (Å²) in [6, 6.07) is 0. The molecule has 0 saturated heterocycles. The van der Waals surface area contributed by atoms with Gasteiger partial charge in [0, 0.05) is 11.9 Å². The molecule has 1 aromatic heterocycles. The molecule has 0 N–H and O–H groups in total. The van der Waals surface area contributed by atoms with Crippen LogP contribution in [0.3, 0.4) is 0 Å². The van der Waals surface area contributed by atoms with Crippen molar-refractivity contribution in [2.45, 2.75) is 13.0 Å². The summed E-state index contributed by atoms with van der Waals surface area (Å²) in [5.74, 6) is 0. The highest BCUT2D eigenvalue weighted by atomic mass is 79.9. The maximum atomic E-state index is 4.35. The molecule has 5 heteroatoms. The van der Waals surface area contributed by atoms with E-state index in [0.717, 1.165) is 35.0 Å². The first kappa shape index (κ1) is 13.9. The van der Waals surface area contributed by atoms with Crippen LogP contribution in [0.4, 0.5) is 0 Å². The van der Waals surface area contributed by atoms with Gasteiger partial charge in [0.05, 0.1) is 22.9 Å². The molecule has 0 atom stereocenters. The highest BCUT2D eigenvalue weighted by Crippen LogP contribution is 2.17. The number of hydrogen-bond acceptors (Lipinski definition) is 2. The van der Waals surface area contributed by atoms with Gasteiger partial charge in [0.15, 0.2) is 0 Å². The van der Waals surface area contributed by atoms with Crippen LogP contribution in [-0.4, -0.2) is 40.7 Å². The number of nitrogens with zero attached hydrogens (tertiary/aromatic N) is 3. The van der Waals surface area contributed by atoms with E-state index in [1.807, 2.05) is 10.9 Å². The Balaban J connectivity index is 2.69. The van der Waals surface area contributed by atoms with Crippen molar-refractivity contribution in [3.05, 3.63) is 22.4 Å². The van der Waals surface area contributed by atoms with E-state index in [0.29, 0.717) is 0 Å². The van der Waals surface area contributed by atoms with Crippen molar-refractivity contribution in [1.29, 1.82) is 0 Å². The van der Waals surface area contributed by atoms with Crippen LogP contribution in [0.15, 0.2) is 16.7 Å². The Morgan fingerprint density at radius 1 is 1.50 bits per heavy atom. The molecule has 1 aromatic rings. The Morgan fingerprint density at radius 3 is 2.88 bits per heavy atom. The van der Waals surface area contributed by atoms with Crippen molar-refractivity contribution in [2.75, 3.05) is 26.0 Å². The summed E-state index contributed by atoms with van der Waals surface area (Å²) in [7, 11) is 4.14. The summed E-state index contributed by atoms with van der Waals surface area (Å²) >= 11 is 6.92. The molecule has 0 spiro atoms. The van der Waals surface area contributed by atoms with Gasteiger partial charge in [-0.1, -0.05) is 22.0 Å². The van der Waals surface area contributed by atoms with E-state index in [1.54, 1.807) is 0 Å². The quantitative estimate of drug-likeness (QED) is 0.735. The number of likely N-dealkylation sites (N-methyl/N-ethyl adjacent to an activating group) is 1. The molecule has 1 rings (SSSR count). The minimum atomic E-state index is 0.909. The molecule has 1 heterocycles. The number of hydrogen-bond donors (Lipinski definition) is 0. The van der Waals surface area contributed by atoms with Crippen molar-refractivity contribution in [1.82, 2.24) is 14.7 Å². The average molecular weight is 351 g/mol. The Morgan fingerprint density at radius 2 is 2.25 bits per heavy atom. The lowest BCUT2D eigenvalue weighted by Crippen LogP contribution is -2.19.